The van der Waals surface area contributed by atoms with E-state index >= 15 is 0 Å². The molecule has 0 saturated carbocycles. The average molecular weight is 501 g/mol. The van der Waals surface area contributed by atoms with E-state index in [0.717, 1.165) is 19.3 Å². The van der Waals surface area contributed by atoms with Crippen LogP contribution in [0.5, 0.6) is 11.6 Å². The lowest BCUT2D eigenvalue weighted by atomic mass is 9.99. The van der Waals surface area contributed by atoms with Crippen molar-refractivity contribution >= 4 is 16.0 Å². The van der Waals surface area contributed by atoms with Gasteiger partial charge in [-0.15, -0.1) is 0 Å². The van der Waals surface area contributed by atoms with Gasteiger partial charge in [0.2, 0.25) is 10.0 Å². The number of unbranched alkanes of at least 4 members (excludes halogenated alkanes) is 2. The lowest BCUT2D eigenvalue weighted by Gasteiger charge is -2.16. The lowest BCUT2D eigenvalue weighted by Crippen LogP contribution is -2.12. The number of ether oxygens (including phenoxy) is 2. The number of esters is 1. The minimum absolute atomic E-state index is 0.0386. The summed E-state index contributed by atoms with van der Waals surface area (Å²) in [4.78, 5) is 17.0. The van der Waals surface area contributed by atoms with E-state index in [9.17, 15) is 17.6 Å². The van der Waals surface area contributed by atoms with Crippen LogP contribution in [0.2, 0.25) is 0 Å². The predicted octanol–water partition coefficient (Wildman–Crippen LogP) is 5.48. The molecule has 3 aromatic rings. The van der Waals surface area contributed by atoms with Gasteiger partial charge in [-0.2, -0.15) is 0 Å². The van der Waals surface area contributed by atoms with Crippen molar-refractivity contribution in [2.45, 2.75) is 50.8 Å². The predicted molar refractivity (Wildman–Crippen MR) is 132 cm³/mol. The zero-order valence-electron chi connectivity index (χ0n) is 19.8. The van der Waals surface area contributed by atoms with E-state index in [-0.39, 0.29) is 22.9 Å². The van der Waals surface area contributed by atoms with Gasteiger partial charge in [-0.05, 0) is 60.9 Å². The summed E-state index contributed by atoms with van der Waals surface area (Å²) in [6.07, 6.45) is 3.48. The molecular weight excluding hydrogens is 471 g/mol. The number of pyridine rings is 1. The summed E-state index contributed by atoms with van der Waals surface area (Å²) in [5.41, 5.74) is 2.24. The highest BCUT2D eigenvalue weighted by molar-refractivity contribution is 7.89. The van der Waals surface area contributed by atoms with E-state index < -0.39 is 21.8 Å². The van der Waals surface area contributed by atoms with Crippen LogP contribution in [0.1, 0.15) is 46.0 Å². The standard InChI is InChI=1S/C26H29FN2O5S/c1-3-5-7-24(30)34-23-17-22(18-10-14-21(15-11-18)35(28,31)32)25(19-8-12-20(27)13-9-19)29-26(23)33-16-6-4-2/h8-15,17H,3-7,16H2,1-2H3,(H2,28,31,32). The number of nitrogens with two attached hydrogens (primary N) is 1. The first-order valence-electron chi connectivity index (χ1n) is 11.5. The average Bonchev–Trinajstić information content (AvgIpc) is 2.83. The second-order valence-corrected chi connectivity index (χ2v) is 9.61. The fraction of sp³-hybridized carbons (Fsp3) is 0.308. The highest BCUT2D eigenvalue weighted by Gasteiger charge is 2.20. The fourth-order valence-corrected chi connectivity index (χ4v) is 3.85. The third-order valence-electron chi connectivity index (χ3n) is 5.26. The zero-order valence-corrected chi connectivity index (χ0v) is 20.6. The molecule has 0 aliphatic carbocycles. The summed E-state index contributed by atoms with van der Waals surface area (Å²) in [6, 6.07) is 13.4. The fourth-order valence-electron chi connectivity index (χ4n) is 3.33. The molecule has 0 aliphatic heterocycles. The van der Waals surface area contributed by atoms with Gasteiger partial charge in [0.25, 0.3) is 5.88 Å². The van der Waals surface area contributed by atoms with E-state index in [2.05, 4.69) is 4.98 Å². The van der Waals surface area contributed by atoms with Crippen molar-refractivity contribution in [3.8, 4) is 34.0 Å². The van der Waals surface area contributed by atoms with Crippen molar-refractivity contribution in [2.24, 2.45) is 5.14 Å². The Morgan fingerprint density at radius 1 is 0.971 bits per heavy atom. The van der Waals surface area contributed by atoms with E-state index in [1.807, 2.05) is 13.8 Å². The summed E-state index contributed by atoms with van der Waals surface area (Å²) < 4.78 is 48.5. The topological polar surface area (TPSA) is 109 Å². The van der Waals surface area contributed by atoms with Crippen LogP contribution in [0.3, 0.4) is 0 Å². The molecule has 2 aromatic carbocycles. The first kappa shape index (κ1) is 26.3. The third-order valence-corrected chi connectivity index (χ3v) is 6.19. The van der Waals surface area contributed by atoms with Crippen LogP contribution >= 0.6 is 0 Å². The Kier molecular flexibility index (Phi) is 8.95. The first-order chi connectivity index (χ1) is 16.7. The molecule has 7 nitrogen and oxygen atoms in total. The smallest absolute Gasteiger partial charge is 0.311 e. The molecule has 0 radical (unpaired) electrons. The summed E-state index contributed by atoms with van der Waals surface area (Å²) in [7, 11) is -3.87. The van der Waals surface area contributed by atoms with Crippen molar-refractivity contribution in [2.75, 3.05) is 6.61 Å². The highest BCUT2D eigenvalue weighted by atomic mass is 32.2. The molecule has 3 rings (SSSR count). The molecule has 0 saturated heterocycles. The summed E-state index contributed by atoms with van der Waals surface area (Å²) in [5, 5.41) is 5.23. The Labute approximate surface area is 205 Å². The Hall–Kier alpha value is -3.30. The molecule has 0 amide bonds. The molecule has 186 valence electrons. The largest absolute Gasteiger partial charge is 0.475 e. The Morgan fingerprint density at radius 3 is 2.20 bits per heavy atom. The molecule has 0 aliphatic rings. The molecule has 2 N–H and O–H groups in total. The van der Waals surface area contributed by atoms with Crippen molar-refractivity contribution in [1.29, 1.82) is 0 Å². The van der Waals surface area contributed by atoms with Crippen LogP contribution in [0, 0.1) is 5.82 Å². The number of sulfonamides is 1. The lowest BCUT2D eigenvalue weighted by molar-refractivity contribution is -0.134. The van der Waals surface area contributed by atoms with Gasteiger partial charge in [0.1, 0.15) is 5.82 Å². The molecule has 0 spiro atoms. The molecular formula is C26H29FN2O5S. The molecule has 0 atom stereocenters. The Morgan fingerprint density at radius 2 is 1.60 bits per heavy atom. The van der Waals surface area contributed by atoms with Crippen molar-refractivity contribution < 1.29 is 27.1 Å². The van der Waals surface area contributed by atoms with Gasteiger partial charge in [0.05, 0.1) is 17.2 Å². The molecule has 0 bridgehead atoms. The molecule has 35 heavy (non-hydrogen) atoms. The van der Waals surface area contributed by atoms with Crippen LogP contribution in [0.15, 0.2) is 59.5 Å². The summed E-state index contributed by atoms with van der Waals surface area (Å²) >= 11 is 0. The number of carbonyl (C=O) groups excluding carboxylic acids is 1. The number of hydrogen-bond donors (Lipinski definition) is 1. The minimum Gasteiger partial charge on any atom is -0.475 e. The molecule has 1 heterocycles. The number of rotatable bonds is 11. The third kappa shape index (κ3) is 7.10. The monoisotopic (exact) mass is 500 g/mol. The van der Waals surface area contributed by atoms with E-state index in [0.29, 0.717) is 35.4 Å². The van der Waals surface area contributed by atoms with Gasteiger partial charge in [-0.1, -0.05) is 38.8 Å². The summed E-state index contributed by atoms with van der Waals surface area (Å²) in [6.45, 7) is 4.39. The maximum Gasteiger partial charge on any atom is 0.311 e. The van der Waals surface area contributed by atoms with E-state index in [4.69, 9.17) is 14.6 Å². The van der Waals surface area contributed by atoms with Crippen molar-refractivity contribution in [3.05, 3.63) is 60.4 Å². The first-order valence-corrected chi connectivity index (χ1v) is 13.0. The SMILES string of the molecule is CCCCOc1nc(-c2ccc(F)cc2)c(-c2ccc(S(N)(=O)=O)cc2)cc1OC(=O)CCCC. The van der Waals surface area contributed by atoms with Gasteiger partial charge in [0, 0.05) is 17.5 Å². The number of benzene rings is 2. The summed E-state index contributed by atoms with van der Waals surface area (Å²) in [5.74, 6) is -0.473. The van der Waals surface area contributed by atoms with Crippen LogP contribution < -0.4 is 14.6 Å². The molecule has 0 unspecified atom stereocenters. The minimum atomic E-state index is -3.87. The van der Waals surface area contributed by atoms with Crippen LogP contribution in [-0.4, -0.2) is 26.0 Å². The van der Waals surface area contributed by atoms with Gasteiger partial charge in [-0.3, -0.25) is 4.79 Å². The number of carbonyl (C=O) groups is 1. The normalized spacial score (nSPS) is 11.3. The van der Waals surface area contributed by atoms with Crippen molar-refractivity contribution in [1.82, 2.24) is 4.98 Å². The van der Waals surface area contributed by atoms with E-state index in [1.54, 1.807) is 30.3 Å². The maximum atomic E-state index is 13.6. The quantitative estimate of drug-likeness (QED) is 0.276. The Balaban J connectivity index is 2.16. The van der Waals surface area contributed by atoms with Crippen LogP contribution in [-0.2, 0) is 14.8 Å². The number of primary sulfonamides is 1. The zero-order chi connectivity index (χ0) is 25.4. The van der Waals surface area contributed by atoms with E-state index in [1.165, 1.54) is 24.3 Å². The van der Waals surface area contributed by atoms with Gasteiger partial charge in [-0.25, -0.2) is 22.9 Å². The second-order valence-electron chi connectivity index (χ2n) is 8.04. The van der Waals surface area contributed by atoms with Gasteiger partial charge in [0.15, 0.2) is 5.75 Å². The number of hydrogen-bond acceptors (Lipinski definition) is 6. The van der Waals surface area contributed by atoms with Gasteiger partial charge < -0.3 is 9.47 Å². The van der Waals surface area contributed by atoms with Crippen LogP contribution in [0.4, 0.5) is 4.39 Å². The number of halogens is 1. The maximum absolute atomic E-state index is 13.6. The molecule has 9 heteroatoms. The molecule has 0 fully saturated rings. The van der Waals surface area contributed by atoms with Crippen LogP contribution in [0.25, 0.3) is 22.4 Å². The van der Waals surface area contributed by atoms with Crippen molar-refractivity contribution in [3.63, 3.8) is 0 Å². The number of aromatic nitrogens is 1. The molecule has 1 aromatic heterocycles. The second kappa shape index (κ2) is 11.9. The number of nitrogens with zero attached hydrogens (tertiary/aromatic N) is 1. The Bertz CT molecular complexity index is 1260. The van der Waals surface area contributed by atoms with Gasteiger partial charge >= 0.3 is 5.97 Å². The highest BCUT2D eigenvalue weighted by Crippen LogP contribution is 2.39.